The number of nitrogens with zero attached hydrogens (tertiary/aromatic N) is 2. The SMILES string of the molecule is CC(=O)C(Cc1cccc(N(C)C)n1)C(=O)[C@H]1CC[C@H](c2ccccc2)CC1. The van der Waals surface area contributed by atoms with Crippen LogP contribution in [0, 0.1) is 11.8 Å². The van der Waals surface area contributed by atoms with Crippen molar-refractivity contribution in [3.63, 3.8) is 0 Å². The molecular formula is C24H30N2O2. The van der Waals surface area contributed by atoms with E-state index in [-0.39, 0.29) is 17.5 Å². The van der Waals surface area contributed by atoms with E-state index in [0.717, 1.165) is 37.2 Å². The third kappa shape index (κ3) is 4.86. The van der Waals surface area contributed by atoms with Crippen LogP contribution in [0.25, 0.3) is 0 Å². The fraction of sp³-hybridized carbons (Fsp3) is 0.458. The number of anilines is 1. The molecule has 1 aromatic carbocycles. The van der Waals surface area contributed by atoms with Gasteiger partial charge in [-0.2, -0.15) is 0 Å². The first-order valence-electron chi connectivity index (χ1n) is 10.2. The molecule has 2 aromatic rings. The van der Waals surface area contributed by atoms with Crippen molar-refractivity contribution in [1.82, 2.24) is 4.98 Å². The molecule has 0 radical (unpaired) electrons. The second-order valence-electron chi connectivity index (χ2n) is 8.11. The van der Waals surface area contributed by atoms with Gasteiger partial charge in [-0.1, -0.05) is 36.4 Å². The number of benzene rings is 1. The second kappa shape index (κ2) is 9.13. The number of pyridine rings is 1. The van der Waals surface area contributed by atoms with E-state index < -0.39 is 5.92 Å². The maximum Gasteiger partial charge on any atom is 0.146 e. The van der Waals surface area contributed by atoms with Crippen LogP contribution in [0.1, 0.15) is 49.8 Å². The van der Waals surface area contributed by atoms with Gasteiger partial charge in [-0.05, 0) is 56.2 Å². The first kappa shape index (κ1) is 20.2. The van der Waals surface area contributed by atoms with E-state index >= 15 is 0 Å². The summed E-state index contributed by atoms with van der Waals surface area (Å²) in [6.07, 6.45) is 4.16. The highest BCUT2D eigenvalue weighted by Crippen LogP contribution is 2.37. The minimum atomic E-state index is -0.580. The third-order valence-electron chi connectivity index (χ3n) is 5.90. The van der Waals surface area contributed by atoms with Gasteiger partial charge in [0.2, 0.25) is 0 Å². The highest BCUT2D eigenvalue weighted by molar-refractivity contribution is 6.02. The Kier molecular flexibility index (Phi) is 6.61. The zero-order valence-corrected chi connectivity index (χ0v) is 17.1. The number of hydrogen-bond donors (Lipinski definition) is 0. The first-order valence-corrected chi connectivity index (χ1v) is 10.2. The monoisotopic (exact) mass is 378 g/mol. The Labute approximate surface area is 168 Å². The summed E-state index contributed by atoms with van der Waals surface area (Å²) < 4.78 is 0. The van der Waals surface area contributed by atoms with Gasteiger partial charge in [0, 0.05) is 32.1 Å². The third-order valence-corrected chi connectivity index (χ3v) is 5.90. The van der Waals surface area contributed by atoms with Gasteiger partial charge >= 0.3 is 0 Å². The minimum absolute atomic E-state index is 0.00843. The van der Waals surface area contributed by atoms with Crippen LogP contribution >= 0.6 is 0 Å². The molecule has 0 amide bonds. The van der Waals surface area contributed by atoms with Gasteiger partial charge < -0.3 is 4.90 Å². The molecule has 4 heteroatoms. The first-order chi connectivity index (χ1) is 13.5. The predicted molar refractivity (Wildman–Crippen MR) is 113 cm³/mol. The van der Waals surface area contributed by atoms with Gasteiger partial charge in [0.05, 0.1) is 5.92 Å². The second-order valence-corrected chi connectivity index (χ2v) is 8.11. The van der Waals surface area contributed by atoms with Gasteiger partial charge in [0.1, 0.15) is 17.4 Å². The molecule has 1 aliphatic carbocycles. The highest BCUT2D eigenvalue weighted by Gasteiger charge is 2.33. The standard InChI is InChI=1S/C24H30N2O2/c1-17(27)22(16-21-10-7-11-23(25-21)26(2)3)24(28)20-14-12-19(13-15-20)18-8-5-4-6-9-18/h4-11,19-20,22H,12-16H2,1-3H3/t19-,20-,22?. The number of carbonyl (C=O) groups excluding carboxylic acids is 2. The number of hydrogen-bond acceptors (Lipinski definition) is 4. The summed E-state index contributed by atoms with van der Waals surface area (Å²) >= 11 is 0. The van der Waals surface area contributed by atoms with Crippen LogP contribution in [0.3, 0.4) is 0 Å². The van der Waals surface area contributed by atoms with Gasteiger partial charge in [-0.25, -0.2) is 4.98 Å². The lowest BCUT2D eigenvalue weighted by molar-refractivity contribution is -0.134. The molecule has 3 rings (SSSR count). The summed E-state index contributed by atoms with van der Waals surface area (Å²) in [7, 11) is 3.87. The molecule has 1 aromatic heterocycles. The van der Waals surface area contributed by atoms with Crippen molar-refractivity contribution in [2.45, 2.75) is 44.9 Å². The number of Topliss-reactive ketones (excluding diaryl/α,β-unsaturated/α-hetero) is 2. The van der Waals surface area contributed by atoms with Gasteiger partial charge in [-0.15, -0.1) is 0 Å². The Bertz CT molecular complexity index is 808. The van der Waals surface area contributed by atoms with Crippen LogP contribution in [-0.2, 0) is 16.0 Å². The molecule has 1 unspecified atom stereocenters. The molecule has 0 bridgehead atoms. The number of aromatic nitrogens is 1. The van der Waals surface area contributed by atoms with Crippen LogP contribution in [0.15, 0.2) is 48.5 Å². The lowest BCUT2D eigenvalue weighted by Crippen LogP contribution is -2.32. The summed E-state index contributed by atoms with van der Waals surface area (Å²) in [5.41, 5.74) is 2.17. The maximum atomic E-state index is 13.1. The Hall–Kier alpha value is -2.49. The Morgan fingerprint density at radius 3 is 2.29 bits per heavy atom. The van der Waals surface area contributed by atoms with Crippen LogP contribution in [0.4, 0.5) is 5.82 Å². The molecule has 0 aliphatic heterocycles. The predicted octanol–water partition coefficient (Wildman–Crippen LogP) is 4.44. The van der Waals surface area contributed by atoms with Crippen LogP contribution < -0.4 is 4.90 Å². The van der Waals surface area contributed by atoms with Crippen molar-refractivity contribution in [2.75, 3.05) is 19.0 Å². The molecule has 148 valence electrons. The Morgan fingerprint density at radius 1 is 1.00 bits per heavy atom. The quantitative estimate of drug-likeness (QED) is 0.669. The highest BCUT2D eigenvalue weighted by atomic mass is 16.1. The molecule has 1 heterocycles. The van der Waals surface area contributed by atoms with Crippen LogP contribution in [-0.4, -0.2) is 30.6 Å². The van der Waals surface area contributed by atoms with Crippen molar-refractivity contribution in [2.24, 2.45) is 11.8 Å². The average Bonchev–Trinajstić information content (AvgIpc) is 2.72. The smallest absolute Gasteiger partial charge is 0.146 e. The Balaban J connectivity index is 1.65. The van der Waals surface area contributed by atoms with Crippen molar-refractivity contribution < 1.29 is 9.59 Å². The molecule has 4 nitrogen and oxygen atoms in total. The van der Waals surface area contributed by atoms with Crippen molar-refractivity contribution in [3.8, 4) is 0 Å². The van der Waals surface area contributed by atoms with Crippen molar-refractivity contribution in [1.29, 1.82) is 0 Å². The van der Waals surface area contributed by atoms with Gasteiger partial charge in [0.15, 0.2) is 0 Å². The van der Waals surface area contributed by atoms with E-state index in [1.165, 1.54) is 12.5 Å². The largest absolute Gasteiger partial charge is 0.363 e. The molecule has 1 aliphatic rings. The lowest BCUT2D eigenvalue weighted by Gasteiger charge is -2.29. The van der Waals surface area contributed by atoms with Gasteiger partial charge in [0.25, 0.3) is 0 Å². The molecule has 1 saturated carbocycles. The maximum absolute atomic E-state index is 13.1. The van der Waals surface area contributed by atoms with E-state index in [2.05, 4.69) is 29.2 Å². The molecule has 0 N–H and O–H groups in total. The minimum Gasteiger partial charge on any atom is -0.363 e. The van der Waals surface area contributed by atoms with Crippen LogP contribution in [0.5, 0.6) is 0 Å². The normalized spacial score (nSPS) is 20.4. The fourth-order valence-corrected chi connectivity index (χ4v) is 4.20. The topological polar surface area (TPSA) is 50.3 Å². The van der Waals surface area contributed by atoms with Crippen molar-refractivity contribution in [3.05, 3.63) is 59.8 Å². The van der Waals surface area contributed by atoms with E-state index in [4.69, 9.17) is 0 Å². The van der Waals surface area contributed by atoms with E-state index in [1.807, 2.05) is 43.3 Å². The van der Waals surface area contributed by atoms with Crippen LogP contribution in [0.2, 0.25) is 0 Å². The molecule has 1 fully saturated rings. The molecule has 0 spiro atoms. The summed E-state index contributed by atoms with van der Waals surface area (Å²) in [5, 5.41) is 0. The molecule has 28 heavy (non-hydrogen) atoms. The molecule has 0 saturated heterocycles. The number of carbonyl (C=O) groups is 2. The van der Waals surface area contributed by atoms with Crippen molar-refractivity contribution >= 4 is 17.4 Å². The summed E-state index contributed by atoms with van der Waals surface area (Å²) in [6.45, 7) is 1.54. The zero-order chi connectivity index (χ0) is 20.1. The zero-order valence-electron chi connectivity index (χ0n) is 17.1. The van der Waals surface area contributed by atoms with E-state index in [0.29, 0.717) is 12.3 Å². The average molecular weight is 379 g/mol. The lowest BCUT2D eigenvalue weighted by atomic mass is 9.74. The van der Waals surface area contributed by atoms with E-state index in [9.17, 15) is 9.59 Å². The fourth-order valence-electron chi connectivity index (χ4n) is 4.20. The number of rotatable bonds is 7. The number of ketones is 2. The summed E-state index contributed by atoms with van der Waals surface area (Å²) in [5.74, 6) is 0.840. The molecule has 1 atom stereocenters. The molecular weight excluding hydrogens is 348 g/mol. The summed E-state index contributed by atoms with van der Waals surface area (Å²) in [4.78, 5) is 31.9. The van der Waals surface area contributed by atoms with E-state index in [1.54, 1.807) is 0 Å². The summed E-state index contributed by atoms with van der Waals surface area (Å²) in [6, 6.07) is 16.3. The Morgan fingerprint density at radius 2 is 1.68 bits per heavy atom. The van der Waals surface area contributed by atoms with Gasteiger partial charge in [-0.3, -0.25) is 9.59 Å².